The second-order valence-electron chi connectivity index (χ2n) is 8.73. The minimum atomic E-state index is -3.49. The van der Waals surface area contributed by atoms with Crippen molar-refractivity contribution >= 4 is 10.0 Å². The highest BCUT2D eigenvalue weighted by Gasteiger charge is 2.32. The molecule has 0 aliphatic carbocycles. The van der Waals surface area contributed by atoms with Gasteiger partial charge in [-0.25, -0.2) is 8.42 Å². The number of aryl methyl sites for hydroxylation is 1. The second kappa shape index (κ2) is 8.93. The van der Waals surface area contributed by atoms with E-state index in [2.05, 4.69) is 24.0 Å². The zero-order valence-electron chi connectivity index (χ0n) is 18.3. The molecule has 0 saturated carbocycles. The molecule has 3 aromatic rings. The van der Waals surface area contributed by atoms with Crippen LogP contribution in [0.3, 0.4) is 0 Å². The average molecular weight is 440 g/mol. The summed E-state index contributed by atoms with van der Waals surface area (Å²) >= 11 is 0. The molecule has 2 aromatic carbocycles. The topological polar surface area (TPSA) is 76.3 Å². The Labute approximate surface area is 184 Å². The van der Waals surface area contributed by atoms with Crippen LogP contribution < -0.4 is 0 Å². The van der Waals surface area contributed by atoms with Crippen LogP contribution in [0.2, 0.25) is 0 Å². The van der Waals surface area contributed by atoms with E-state index in [-0.39, 0.29) is 5.92 Å². The van der Waals surface area contributed by atoms with Crippen LogP contribution in [0.4, 0.5) is 0 Å². The Balaban J connectivity index is 1.40. The van der Waals surface area contributed by atoms with E-state index in [1.807, 2.05) is 43.3 Å². The van der Waals surface area contributed by atoms with E-state index in [4.69, 9.17) is 4.42 Å². The van der Waals surface area contributed by atoms with E-state index in [1.54, 1.807) is 16.4 Å². The molecule has 0 N–H and O–H groups in total. The van der Waals surface area contributed by atoms with E-state index < -0.39 is 10.0 Å². The first kappa shape index (κ1) is 21.7. The minimum Gasteiger partial charge on any atom is -0.420 e. The molecule has 4 rings (SSSR count). The zero-order valence-corrected chi connectivity index (χ0v) is 19.1. The summed E-state index contributed by atoms with van der Waals surface area (Å²) in [4.78, 5) is 0.359. The summed E-state index contributed by atoms with van der Waals surface area (Å²) < 4.78 is 33.6. The molecule has 0 amide bonds. The first-order valence-corrected chi connectivity index (χ1v) is 12.3. The van der Waals surface area contributed by atoms with E-state index in [9.17, 15) is 8.42 Å². The number of sulfonamides is 1. The van der Waals surface area contributed by atoms with Gasteiger partial charge in [-0.3, -0.25) is 0 Å². The Morgan fingerprint density at radius 3 is 2.26 bits per heavy atom. The monoisotopic (exact) mass is 439 g/mol. The molecule has 6 nitrogen and oxygen atoms in total. The van der Waals surface area contributed by atoms with Crippen molar-refractivity contribution in [2.24, 2.45) is 5.92 Å². The number of rotatable bonds is 6. The van der Waals surface area contributed by atoms with Crippen molar-refractivity contribution in [3.05, 3.63) is 65.5 Å². The van der Waals surface area contributed by atoms with Crippen molar-refractivity contribution in [2.45, 2.75) is 50.8 Å². The minimum absolute atomic E-state index is 0.0755. The van der Waals surface area contributed by atoms with Crippen LogP contribution >= 0.6 is 0 Å². The van der Waals surface area contributed by atoms with Gasteiger partial charge in [0.2, 0.25) is 21.8 Å². The van der Waals surface area contributed by atoms with Crippen LogP contribution in [0.1, 0.15) is 49.6 Å². The van der Waals surface area contributed by atoms with Gasteiger partial charge in [-0.05, 0) is 61.9 Å². The maximum atomic E-state index is 13.1. The van der Waals surface area contributed by atoms with Crippen molar-refractivity contribution in [3.8, 4) is 11.5 Å². The van der Waals surface area contributed by atoms with Gasteiger partial charge in [0.1, 0.15) is 0 Å². The lowest BCUT2D eigenvalue weighted by atomic mass is 9.98. The van der Waals surface area contributed by atoms with Crippen LogP contribution in [0, 0.1) is 12.8 Å². The molecule has 7 heteroatoms. The first-order valence-electron chi connectivity index (χ1n) is 10.8. The summed E-state index contributed by atoms with van der Waals surface area (Å²) in [6.07, 6.45) is 2.28. The van der Waals surface area contributed by atoms with E-state index in [1.165, 1.54) is 5.56 Å². The third-order valence-corrected chi connectivity index (χ3v) is 7.66. The molecule has 0 atom stereocenters. The number of nitrogens with zero attached hydrogens (tertiary/aromatic N) is 3. The zero-order chi connectivity index (χ0) is 22.0. The molecule has 1 saturated heterocycles. The lowest BCUT2D eigenvalue weighted by Gasteiger charge is -2.29. The van der Waals surface area contributed by atoms with Crippen LogP contribution in [0.25, 0.3) is 11.5 Å². The highest BCUT2D eigenvalue weighted by Crippen LogP contribution is 2.31. The van der Waals surface area contributed by atoms with Gasteiger partial charge >= 0.3 is 0 Å². The molecule has 0 spiro atoms. The number of benzene rings is 2. The van der Waals surface area contributed by atoms with Crippen molar-refractivity contribution < 1.29 is 12.8 Å². The number of piperidine rings is 1. The molecule has 0 bridgehead atoms. The fourth-order valence-corrected chi connectivity index (χ4v) is 5.44. The predicted molar refractivity (Wildman–Crippen MR) is 120 cm³/mol. The SMILES string of the molecule is Cc1ccc(-c2nnc(C3CCN(S(=O)(=O)c4ccc(CC(C)C)cc4)CC3)o2)cc1. The number of hydrogen-bond acceptors (Lipinski definition) is 5. The van der Waals surface area contributed by atoms with Crippen molar-refractivity contribution in [3.63, 3.8) is 0 Å². The molecule has 1 fully saturated rings. The molecule has 2 heterocycles. The molecular weight excluding hydrogens is 410 g/mol. The number of aromatic nitrogens is 2. The Morgan fingerprint density at radius 2 is 1.65 bits per heavy atom. The Morgan fingerprint density at radius 1 is 1.00 bits per heavy atom. The van der Waals surface area contributed by atoms with Gasteiger partial charge in [0, 0.05) is 24.6 Å². The maximum absolute atomic E-state index is 13.1. The molecule has 1 aliphatic heterocycles. The summed E-state index contributed by atoms with van der Waals surface area (Å²) in [5, 5.41) is 8.42. The van der Waals surface area contributed by atoms with Crippen LogP contribution in [0.15, 0.2) is 57.8 Å². The van der Waals surface area contributed by atoms with Gasteiger partial charge in [0.15, 0.2) is 0 Å². The Hall–Kier alpha value is -2.51. The summed E-state index contributed by atoms with van der Waals surface area (Å²) in [5.41, 5.74) is 3.23. The maximum Gasteiger partial charge on any atom is 0.247 e. The molecule has 31 heavy (non-hydrogen) atoms. The van der Waals surface area contributed by atoms with Crippen LogP contribution in [-0.4, -0.2) is 36.0 Å². The quantitative estimate of drug-likeness (QED) is 0.551. The smallest absolute Gasteiger partial charge is 0.247 e. The van der Waals surface area contributed by atoms with Gasteiger partial charge in [0.25, 0.3) is 0 Å². The lowest BCUT2D eigenvalue weighted by Crippen LogP contribution is -2.37. The van der Waals surface area contributed by atoms with Gasteiger partial charge in [-0.2, -0.15) is 4.31 Å². The lowest BCUT2D eigenvalue weighted by molar-refractivity contribution is 0.291. The van der Waals surface area contributed by atoms with E-state index in [0.717, 1.165) is 17.5 Å². The molecule has 1 aliphatic rings. The molecule has 164 valence electrons. The summed E-state index contributed by atoms with van der Waals surface area (Å²) in [7, 11) is -3.49. The van der Waals surface area contributed by atoms with Gasteiger partial charge < -0.3 is 4.42 Å². The van der Waals surface area contributed by atoms with Crippen LogP contribution in [-0.2, 0) is 16.4 Å². The van der Waals surface area contributed by atoms with Gasteiger partial charge in [0.05, 0.1) is 4.90 Å². The molecule has 0 unspecified atom stereocenters. The first-order chi connectivity index (χ1) is 14.8. The summed E-state index contributed by atoms with van der Waals surface area (Å²) in [6.45, 7) is 7.24. The normalized spacial score (nSPS) is 16.1. The predicted octanol–water partition coefficient (Wildman–Crippen LogP) is 4.81. The Bertz CT molecular complexity index is 1110. The highest BCUT2D eigenvalue weighted by atomic mass is 32.2. The van der Waals surface area contributed by atoms with Crippen molar-refractivity contribution in [1.29, 1.82) is 0 Å². The Kier molecular flexibility index (Phi) is 6.25. The molecular formula is C24H29N3O3S. The van der Waals surface area contributed by atoms with Crippen LogP contribution in [0.5, 0.6) is 0 Å². The molecule has 0 radical (unpaired) electrons. The van der Waals surface area contributed by atoms with Crippen molar-refractivity contribution in [1.82, 2.24) is 14.5 Å². The molecule has 1 aromatic heterocycles. The summed E-state index contributed by atoms with van der Waals surface area (Å²) in [6, 6.07) is 15.3. The standard InChI is InChI=1S/C24H29N3O3S/c1-17(2)16-19-6-10-22(11-7-19)31(28,29)27-14-12-21(13-15-27)24-26-25-23(30-24)20-8-4-18(3)5-9-20/h4-11,17,21H,12-16H2,1-3H3. The fraction of sp³-hybridized carbons (Fsp3) is 0.417. The van der Waals surface area contributed by atoms with E-state index >= 15 is 0 Å². The summed E-state index contributed by atoms with van der Waals surface area (Å²) in [5.74, 6) is 1.71. The largest absolute Gasteiger partial charge is 0.420 e. The third kappa shape index (κ3) is 4.88. The highest BCUT2D eigenvalue weighted by molar-refractivity contribution is 7.89. The number of hydrogen-bond donors (Lipinski definition) is 0. The second-order valence-corrected chi connectivity index (χ2v) is 10.7. The van der Waals surface area contributed by atoms with Gasteiger partial charge in [-0.15, -0.1) is 10.2 Å². The van der Waals surface area contributed by atoms with Gasteiger partial charge in [-0.1, -0.05) is 43.7 Å². The third-order valence-electron chi connectivity index (χ3n) is 5.75. The fourth-order valence-electron chi connectivity index (χ4n) is 3.97. The van der Waals surface area contributed by atoms with Crippen molar-refractivity contribution in [2.75, 3.05) is 13.1 Å². The average Bonchev–Trinajstić information content (AvgIpc) is 3.25. The van der Waals surface area contributed by atoms with E-state index in [0.29, 0.717) is 48.5 Å².